The molecule has 184 valence electrons. The minimum atomic E-state index is -1.10. The molecule has 0 saturated heterocycles. The first-order valence-corrected chi connectivity index (χ1v) is 12.2. The molecule has 0 saturated carbocycles. The number of alkyl carbamates (subject to hydrolysis) is 1. The molecular weight excluding hydrogens is 457 g/mol. The summed E-state index contributed by atoms with van der Waals surface area (Å²) >= 11 is 1.32. The molecule has 0 fully saturated rings. The van der Waals surface area contributed by atoms with E-state index in [0.717, 1.165) is 18.4 Å². The van der Waals surface area contributed by atoms with Crippen molar-refractivity contribution in [2.45, 2.75) is 36.0 Å². The van der Waals surface area contributed by atoms with Gasteiger partial charge in [0.25, 0.3) is 5.91 Å². The SMILES string of the molecule is CCCCNC(=O)OC1C(=O)N(CCN(C)C)c2ccc(F)cc2S[C@H]1c1ccc(OC)cc1. The molecule has 2 aromatic rings. The van der Waals surface area contributed by atoms with E-state index in [9.17, 15) is 14.0 Å². The highest BCUT2D eigenvalue weighted by Gasteiger charge is 2.41. The molecule has 1 N–H and O–H groups in total. The number of anilines is 1. The molecule has 0 aliphatic carbocycles. The smallest absolute Gasteiger partial charge is 0.407 e. The van der Waals surface area contributed by atoms with Crippen LogP contribution in [0.3, 0.4) is 0 Å². The lowest BCUT2D eigenvalue weighted by molar-refractivity contribution is -0.126. The van der Waals surface area contributed by atoms with Crippen molar-refractivity contribution in [1.29, 1.82) is 0 Å². The van der Waals surface area contributed by atoms with E-state index in [0.29, 0.717) is 36.0 Å². The summed E-state index contributed by atoms with van der Waals surface area (Å²) in [5, 5.41) is 2.16. The molecule has 1 aliphatic rings. The Balaban J connectivity index is 2.02. The van der Waals surface area contributed by atoms with Crippen LogP contribution < -0.4 is 15.0 Å². The molecule has 1 unspecified atom stereocenters. The van der Waals surface area contributed by atoms with Gasteiger partial charge < -0.3 is 24.6 Å². The fourth-order valence-corrected chi connectivity index (χ4v) is 4.95. The Kier molecular flexibility index (Phi) is 9.18. The lowest BCUT2D eigenvalue weighted by atomic mass is 10.1. The molecule has 34 heavy (non-hydrogen) atoms. The van der Waals surface area contributed by atoms with Crippen molar-refractivity contribution in [3.8, 4) is 5.75 Å². The lowest BCUT2D eigenvalue weighted by Gasteiger charge is -2.28. The van der Waals surface area contributed by atoms with Gasteiger partial charge in [0.15, 0.2) is 6.10 Å². The molecule has 7 nitrogen and oxygen atoms in total. The fourth-order valence-electron chi connectivity index (χ4n) is 3.61. The van der Waals surface area contributed by atoms with Gasteiger partial charge in [-0.05, 0) is 56.4 Å². The Morgan fingerprint density at radius 1 is 1.21 bits per heavy atom. The Bertz CT molecular complexity index is 987. The zero-order valence-corrected chi connectivity index (χ0v) is 20.9. The van der Waals surface area contributed by atoms with Gasteiger partial charge in [-0.3, -0.25) is 4.79 Å². The van der Waals surface area contributed by atoms with Crippen molar-refractivity contribution in [1.82, 2.24) is 10.2 Å². The largest absolute Gasteiger partial charge is 0.497 e. The van der Waals surface area contributed by atoms with E-state index in [1.54, 1.807) is 30.2 Å². The number of nitrogens with one attached hydrogen (secondary N) is 1. The van der Waals surface area contributed by atoms with Crippen molar-refractivity contribution in [2.24, 2.45) is 0 Å². The molecule has 9 heteroatoms. The van der Waals surface area contributed by atoms with Crippen molar-refractivity contribution in [3.63, 3.8) is 0 Å². The van der Waals surface area contributed by atoms with Crippen LogP contribution in [-0.2, 0) is 9.53 Å². The molecule has 0 aromatic heterocycles. The van der Waals surface area contributed by atoms with Crippen LogP contribution in [0.5, 0.6) is 5.75 Å². The number of rotatable bonds is 9. The second-order valence-electron chi connectivity index (χ2n) is 8.32. The number of thioether (sulfide) groups is 1. The number of hydrogen-bond acceptors (Lipinski definition) is 6. The summed E-state index contributed by atoms with van der Waals surface area (Å²) in [5.41, 5.74) is 1.38. The quantitative estimate of drug-likeness (QED) is 0.524. The maximum atomic E-state index is 14.2. The Morgan fingerprint density at radius 3 is 2.59 bits per heavy atom. The van der Waals surface area contributed by atoms with Crippen LogP contribution in [0.4, 0.5) is 14.9 Å². The average Bonchev–Trinajstić information content (AvgIpc) is 2.92. The molecule has 0 bridgehead atoms. The van der Waals surface area contributed by atoms with Gasteiger partial charge in [0.2, 0.25) is 0 Å². The van der Waals surface area contributed by atoms with Crippen molar-refractivity contribution in [2.75, 3.05) is 45.7 Å². The zero-order valence-electron chi connectivity index (χ0n) is 20.0. The highest BCUT2D eigenvalue weighted by Crippen LogP contribution is 2.47. The molecular formula is C25H32FN3O4S. The van der Waals surface area contributed by atoms with Crippen LogP contribution in [0.15, 0.2) is 47.4 Å². The van der Waals surface area contributed by atoms with Crippen molar-refractivity contribution in [3.05, 3.63) is 53.8 Å². The summed E-state index contributed by atoms with van der Waals surface area (Å²) in [6.07, 6.45) is -0.0100. The number of amides is 2. The average molecular weight is 490 g/mol. The second kappa shape index (κ2) is 12.1. The summed E-state index contributed by atoms with van der Waals surface area (Å²) in [5.74, 6) is -0.0647. The Labute approximate surface area is 204 Å². The highest BCUT2D eigenvalue weighted by atomic mass is 32.2. The van der Waals surface area contributed by atoms with E-state index < -0.39 is 23.3 Å². The molecule has 2 aromatic carbocycles. The predicted octanol–water partition coefficient (Wildman–Crippen LogP) is 4.47. The number of unbranched alkanes of at least 4 members (excludes halogenated alkanes) is 1. The van der Waals surface area contributed by atoms with Gasteiger partial charge in [-0.25, -0.2) is 9.18 Å². The normalized spacial score (nSPS) is 17.8. The minimum absolute atomic E-state index is 0.342. The van der Waals surface area contributed by atoms with Gasteiger partial charge in [0.1, 0.15) is 11.6 Å². The van der Waals surface area contributed by atoms with Gasteiger partial charge in [-0.2, -0.15) is 0 Å². The molecule has 1 heterocycles. The summed E-state index contributed by atoms with van der Waals surface area (Å²) in [6, 6.07) is 11.6. The predicted molar refractivity (Wildman–Crippen MR) is 132 cm³/mol. The first kappa shape index (κ1) is 25.8. The van der Waals surface area contributed by atoms with Crippen molar-refractivity contribution < 1.29 is 23.5 Å². The van der Waals surface area contributed by atoms with Crippen LogP contribution in [0.2, 0.25) is 0 Å². The fraction of sp³-hybridized carbons (Fsp3) is 0.440. The topological polar surface area (TPSA) is 71.1 Å². The van der Waals surface area contributed by atoms with E-state index >= 15 is 0 Å². The van der Waals surface area contributed by atoms with Gasteiger partial charge in [-0.15, -0.1) is 11.8 Å². The molecule has 0 spiro atoms. The maximum Gasteiger partial charge on any atom is 0.407 e. The molecule has 0 radical (unpaired) electrons. The second-order valence-corrected chi connectivity index (χ2v) is 9.51. The van der Waals surface area contributed by atoms with E-state index in [1.165, 1.54) is 23.9 Å². The third-order valence-electron chi connectivity index (χ3n) is 5.50. The zero-order chi connectivity index (χ0) is 24.7. The minimum Gasteiger partial charge on any atom is -0.497 e. The standard InChI is InChI=1S/C25H32FN3O4S/c1-5-6-13-27-25(31)33-22-23(17-7-10-19(32-4)11-8-17)34-21-16-18(26)9-12-20(21)29(24(22)30)15-14-28(2)3/h7-12,16,22-23H,5-6,13-15H2,1-4H3,(H,27,31)/t22?,23-/m0/s1. The number of carbonyl (C=O) groups is 2. The van der Waals surface area contributed by atoms with Crippen LogP contribution in [0.25, 0.3) is 0 Å². The van der Waals surface area contributed by atoms with Crippen molar-refractivity contribution >= 4 is 29.4 Å². The lowest BCUT2D eigenvalue weighted by Crippen LogP contribution is -2.46. The first-order valence-electron chi connectivity index (χ1n) is 11.3. The number of likely N-dealkylation sites (N-methyl/N-ethyl adjacent to an activating group) is 1. The molecule has 1 aliphatic heterocycles. The number of halogens is 1. The van der Waals surface area contributed by atoms with E-state index in [4.69, 9.17) is 9.47 Å². The monoisotopic (exact) mass is 489 g/mol. The number of carbonyl (C=O) groups excluding carboxylic acids is 2. The maximum absolute atomic E-state index is 14.2. The van der Waals surface area contributed by atoms with Crippen LogP contribution in [0, 0.1) is 5.82 Å². The van der Waals surface area contributed by atoms with E-state index in [2.05, 4.69) is 5.32 Å². The number of fused-ring (bicyclic) bond motifs is 1. The molecule has 3 rings (SSSR count). The van der Waals surface area contributed by atoms with Crippen LogP contribution >= 0.6 is 11.8 Å². The number of hydrogen-bond donors (Lipinski definition) is 1. The number of ether oxygens (including phenoxy) is 2. The summed E-state index contributed by atoms with van der Waals surface area (Å²) in [4.78, 5) is 30.6. The van der Waals surface area contributed by atoms with E-state index in [-0.39, 0.29) is 5.91 Å². The third-order valence-corrected chi connectivity index (χ3v) is 6.85. The summed E-state index contributed by atoms with van der Waals surface area (Å²) in [6.45, 7) is 3.46. The van der Waals surface area contributed by atoms with Gasteiger partial charge in [0.05, 0.1) is 18.0 Å². The Morgan fingerprint density at radius 2 is 1.94 bits per heavy atom. The van der Waals surface area contributed by atoms with E-state index in [1.807, 2.05) is 38.1 Å². The van der Waals surface area contributed by atoms with Gasteiger partial charge >= 0.3 is 6.09 Å². The number of methoxy groups -OCH3 is 1. The third kappa shape index (κ3) is 6.42. The number of nitrogens with zero attached hydrogens (tertiary/aromatic N) is 2. The van der Waals surface area contributed by atoms with Crippen LogP contribution in [0.1, 0.15) is 30.6 Å². The van der Waals surface area contributed by atoms with Crippen LogP contribution in [-0.4, -0.2) is 63.8 Å². The van der Waals surface area contributed by atoms with Gasteiger partial charge in [-0.1, -0.05) is 25.5 Å². The van der Waals surface area contributed by atoms with Gasteiger partial charge in [0, 0.05) is 24.5 Å². The molecule has 2 atom stereocenters. The highest BCUT2D eigenvalue weighted by molar-refractivity contribution is 7.99. The Hall–Kier alpha value is -2.78. The summed E-state index contributed by atoms with van der Waals surface area (Å²) < 4.78 is 25.2. The first-order chi connectivity index (χ1) is 16.3. The molecule has 2 amide bonds. The number of benzene rings is 2. The summed E-state index contributed by atoms with van der Waals surface area (Å²) in [7, 11) is 5.41.